The average molecular weight is 107 g/mol. The van der Waals surface area contributed by atoms with E-state index in [0.29, 0.717) is 0 Å². The van der Waals surface area contributed by atoms with E-state index in [2.05, 4.69) is 29.6 Å². The smallest absolute Gasteiger partial charge is 0.0219 e. The second-order valence-corrected chi connectivity index (χ2v) is 1.17. The number of hydrogen-bond donors (Lipinski definition) is 2. The van der Waals surface area contributed by atoms with E-state index < -0.39 is 0 Å². The molecule has 0 heterocycles. The maximum atomic E-state index is 4.23. The lowest BCUT2D eigenvalue weighted by molar-refractivity contribution is 0.244. The van der Waals surface area contributed by atoms with Crippen LogP contribution in [-0.2, 0) is 4.28 Å². The largest absolute Gasteiger partial charge is 0.235 e. The molecule has 0 aliphatic rings. The molecule has 0 bridgehead atoms. The molecule has 0 radical (unpaired) electrons. The lowest BCUT2D eigenvalue weighted by atomic mass is 10.5. The molecule has 2 nitrogen and oxygen atoms in total. The molecule has 0 aliphatic carbocycles. The summed E-state index contributed by atoms with van der Waals surface area (Å²) in [6.45, 7) is 2.92. The van der Waals surface area contributed by atoms with Gasteiger partial charge in [0.15, 0.2) is 0 Å². The minimum atomic E-state index is 0.865. The average Bonchev–Trinajstić information content (AvgIpc) is 1.61. The summed E-state index contributed by atoms with van der Waals surface area (Å²) in [7, 11) is 0. The highest BCUT2D eigenvalue weighted by Crippen LogP contribution is 1.71. The van der Waals surface area contributed by atoms with Crippen molar-refractivity contribution >= 4 is 12.9 Å². The van der Waals surface area contributed by atoms with Gasteiger partial charge in [-0.1, -0.05) is 6.92 Å². The summed E-state index contributed by atoms with van der Waals surface area (Å²) in [5.41, 5.74) is 2.56. The standard InChI is InChI=1S/C3H9NOS/c1-2-3-4-5-6/h4,6H,2-3H2,1H3. The molecular weight excluding hydrogens is 98.1 g/mol. The van der Waals surface area contributed by atoms with Crippen molar-refractivity contribution < 1.29 is 4.28 Å². The summed E-state index contributed by atoms with van der Waals surface area (Å²) in [5.74, 6) is 0. The van der Waals surface area contributed by atoms with Crippen molar-refractivity contribution in [1.82, 2.24) is 5.48 Å². The Morgan fingerprint density at radius 3 is 2.67 bits per heavy atom. The second-order valence-electron chi connectivity index (χ2n) is 0.986. The quantitative estimate of drug-likeness (QED) is 0.240. The molecule has 0 aromatic heterocycles. The predicted molar refractivity (Wildman–Crippen MR) is 28.4 cm³/mol. The molecule has 0 fully saturated rings. The van der Waals surface area contributed by atoms with Gasteiger partial charge in [-0.2, -0.15) is 5.48 Å². The molecule has 0 amide bonds. The monoisotopic (exact) mass is 107 g/mol. The number of rotatable bonds is 3. The zero-order valence-electron chi connectivity index (χ0n) is 3.77. The normalized spacial score (nSPS) is 9.00. The van der Waals surface area contributed by atoms with Crippen LogP contribution in [0.2, 0.25) is 0 Å². The zero-order valence-corrected chi connectivity index (χ0v) is 4.66. The molecule has 0 aromatic carbocycles. The maximum absolute atomic E-state index is 4.23. The molecule has 0 saturated carbocycles. The fourth-order valence-corrected chi connectivity index (χ4v) is 0.239. The summed E-state index contributed by atoms with van der Waals surface area (Å²) in [6.07, 6.45) is 1.07. The Morgan fingerprint density at radius 2 is 2.50 bits per heavy atom. The van der Waals surface area contributed by atoms with Crippen LogP contribution in [0.1, 0.15) is 13.3 Å². The fraction of sp³-hybridized carbons (Fsp3) is 1.00. The molecule has 0 spiro atoms. The lowest BCUT2D eigenvalue weighted by Gasteiger charge is -1.91. The van der Waals surface area contributed by atoms with Gasteiger partial charge in [-0.25, -0.2) is 4.28 Å². The van der Waals surface area contributed by atoms with Gasteiger partial charge in [-0.3, -0.25) is 0 Å². The van der Waals surface area contributed by atoms with E-state index >= 15 is 0 Å². The van der Waals surface area contributed by atoms with Gasteiger partial charge in [0.05, 0.1) is 0 Å². The molecule has 38 valence electrons. The Morgan fingerprint density at radius 1 is 1.83 bits per heavy atom. The van der Waals surface area contributed by atoms with Crippen molar-refractivity contribution in [3.8, 4) is 0 Å². The van der Waals surface area contributed by atoms with Crippen LogP contribution in [0.5, 0.6) is 0 Å². The summed E-state index contributed by atoms with van der Waals surface area (Å²) in [5, 5.41) is 0. The van der Waals surface area contributed by atoms with Crippen LogP contribution < -0.4 is 5.48 Å². The summed E-state index contributed by atoms with van der Waals surface area (Å²) in [6, 6.07) is 0. The Kier molecular flexibility index (Phi) is 5.51. The van der Waals surface area contributed by atoms with Gasteiger partial charge in [-0.05, 0) is 19.3 Å². The highest BCUT2D eigenvalue weighted by atomic mass is 32.1. The minimum Gasteiger partial charge on any atom is -0.235 e. The van der Waals surface area contributed by atoms with E-state index in [4.69, 9.17) is 0 Å². The van der Waals surface area contributed by atoms with Gasteiger partial charge in [0.25, 0.3) is 0 Å². The summed E-state index contributed by atoms with van der Waals surface area (Å²) in [4.78, 5) is 0. The van der Waals surface area contributed by atoms with Gasteiger partial charge < -0.3 is 0 Å². The third kappa shape index (κ3) is 4.27. The van der Waals surface area contributed by atoms with Gasteiger partial charge in [0.1, 0.15) is 0 Å². The highest BCUT2D eigenvalue weighted by Gasteiger charge is 1.72. The first kappa shape index (κ1) is 6.27. The van der Waals surface area contributed by atoms with E-state index in [1.54, 1.807) is 0 Å². The zero-order chi connectivity index (χ0) is 4.83. The number of hydrogen-bond acceptors (Lipinski definition) is 3. The Labute approximate surface area is 43.5 Å². The number of nitrogens with one attached hydrogen (secondary N) is 1. The molecule has 0 aliphatic heterocycles. The highest BCUT2D eigenvalue weighted by molar-refractivity contribution is 7.75. The van der Waals surface area contributed by atoms with Gasteiger partial charge in [0, 0.05) is 6.54 Å². The molecule has 0 rings (SSSR count). The lowest BCUT2D eigenvalue weighted by Crippen LogP contribution is -2.08. The topological polar surface area (TPSA) is 21.3 Å². The molecule has 3 heteroatoms. The molecule has 6 heavy (non-hydrogen) atoms. The van der Waals surface area contributed by atoms with Crippen LogP contribution in [-0.4, -0.2) is 6.54 Å². The Bertz CT molecular complexity index is 22.8. The number of hydroxylamine groups is 1. The first-order chi connectivity index (χ1) is 2.91. The van der Waals surface area contributed by atoms with Crippen LogP contribution in [0.4, 0.5) is 0 Å². The minimum absolute atomic E-state index is 0.865. The van der Waals surface area contributed by atoms with Crippen LogP contribution in [0.3, 0.4) is 0 Å². The van der Waals surface area contributed by atoms with Gasteiger partial charge in [0.2, 0.25) is 0 Å². The number of thiol groups is 1. The fourth-order valence-electron chi connectivity index (χ4n) is 0.148. The molecule has 0 atom stereocenters. The molecular formula is C3H9NOS. The van der Waals surface area contributed by atoms with Crippen molar-refractivity contribution in [2.45, 2.75) is 13.3 Å². The Hall–Kier alpha value is 0.270. The van der Waals surface area contributed by atoms with E-state index in [-0.39, 0.29) is 0 Å². The summed E-state index contributed by atoms with van der Waals surface area (Å²) >= 11 is 3.44. The third-order valence-electron chi connectivity index (χ3n) is 0.417. The third-order valence-corrected chi connectivity index (χ3v) is 0.546. The first-order valence-electron chi connectivity index (χ1n) is 1.95. The molecule has 0 aromatic rings. The second kappa shape index (κ2) is 5.27. The van der Waals surface area contributed by atoms with Crippen molar-refractivity contribution in [2.75, 3.05) is 6.54 Å². The first-order valence-corrected chi connectivity index (χ1v) is 2.31. The van der Waals surface area contributed by atoms with E-state index in [1.165, 1.54) is 0 Å². The molecule has 0 saturated heterocycles. The summed E-state index contributed by atoms with van der Waals surface area (Å²) < 4.78 is 4.23. The van der Waals surface area contributed by atoms with Gasteiger partial charge >= 0.3 is 0 Å². The van der Waals surface area contributed by atoms with Crippen molar-refractivity contribution in [3.05, 3.63) is 0 Å². The van der Waals surface area contributed by atoms with Crippen LogP contribution in [0.25, 0.3) is 0 Å². The van der Waals surface area contributed by atoms with Crippen LogP contribution >= 0.6 is 12.9 Å². The maximum Gasteiger partial charge on any atom is 0.0219 e. The SMILES string of the molecule is CCCNOS. The molecule has 0 unspecified atom stereocenters. The van der Waals surface area contributed by atoms with E-state index in [1.807, 2.05) is 0 Å². The Balaban J connectivity index is 2.34. The van der Waals surface area contributed by atoms with Crippen molar-refractivity contribution in [3.63, 3.8) is 0 Å². The van der Waals surface area contributed by atoms with E-state index in [0.717, 1.165) is 13.0 Å². The predicted octanol–water partition coefficient (Wildman–Crippen LogP) is 0.762. The van der Waals surface area contributed by atoms with Gasteiger partial charge in [-0.15, -0.1) is 0 Å². The van der Waals surface area contributed by atoms with Crippen LogP contribution in [0.15, 0.2) is 0 Å². The van der Waals surface area contributed by atoms with Crippen molar-refractivity contribution in [1.29, 1.82) is 0 Å². The molecule has 1 N–H and O–H groups in total. The van der Waals surface area contributed by atoms with E-state index in [9.17, 15) is 0 Å². The van der Waals surface area contributed by atoms with Crippen molar-refractivity contribution in [2.24, 2.45) is 0 Å². The van der Waals surface area contributed by atoms with Crippen LogP contribution in [0, 0.1) is 0 Å².